The molecule has 0 aliphatic carbocycles. The maximum absolute atomic E-state index is 5.61. The molecular weight excluding hydrogens is 236 g/mol. The zero-order chi connectivity index (χ0) is 12.8. The Morgan fingerprint density at radius 1 is 1.11 bits per heavy atom. The lowest BCUT2D eigenvalue weighted by molar-refractivity contribution is -0.152. The second-order valence-electron chi connectivity index (χ2n) is 3.67. The molecule has 0 fully saturated rings. The minimum atomic E-state index is -0.342. The predicted octanol–water partition coefficient (Wildman–Crippen LogP) is 2.19. The third-order valence-corrected chi connectivity index (χ3v) is 2.44. The highest BCUT2D eigenvalue weighted by Crippen LogP contribution is 2.35. The van der Waals surface area contributed by atoms with Crippen LogP contribution >= 0.6 is 0 Å². The zero-order valence-corrected chi connectivity index (χ0v) is 10.7. The van der Waals surface area contributed by atoms with Crippen molar-refractivity contribution >= 4 is 0 Å². The highest BCUT2D eigenvalue weighted by molar-refractivity contribution is 5.46. The predicted molar refractivity (Wildman–Crippen MR) is 65.1 cm³/mol. The van der Waals surface area contributed by atoms with Crippen molar-refractivity contribution in [2.45, 2.75) is 20.1 Å². The van der Waals surface area contributed by atoms with Crippen molar-refractivity contribution in [2.24, 2.45) is 0 Å². The first-order valence-electron chi connectivity index (χ1n) is 6.09. The number of hydrogen-bond acceptors (Lipinski definition) is 5. The van der Waals surface area contributed by atoms with Crippen LogP contribution in [0.25, 0.3) is 0 Å². The fourth-order valence-electron chi connectivity index (χ4n) is 1.65. The molecule has 100 valence electrons. The number of ether oxygens (including phenoxy) is 5. The number of hydrogen-bond donors (Lipinski definition) is 0. The number of rotatable bonds is 7. The minimum Gasteiger partial charge on any atom is -0.488 e. The smallest absolute Gasteiger partial charge is 0.231 e. The minimum absolute atomic E-state index is 0.263. The second kappa shape index (κ2) is 6.47. The van der Waals surface area contributed by atoms with Crippen molar-refractivity contribution in [3.8, 4) is 17.2 Å². The monoisotopic (exact) mass is 254 g/mol. The lowest BCUT2D eigenvalue weighted by Crippen LogP contribution is -2.25. The molecule has 18 heavy (non-hydrogen) atoms. The van der Waals surface area contributed by atoms with Crippen LogP contribution in [0, 0.1) is 0 Å². The van der Waals surface area contributed by atoms with Crippen molar-refractivity contribution in [1.82, 2.24) is 0 Å². The fraction of sp³-hybridized carbons (Fsp3) is 0.538. The van der Waals surface area contributed by atoms with E-state index < -0.39 is 0 Å². The van der Waals surface area contributed by atoms with Crippen LogP contribution in [0.3, 0.4) is 0 Å². The molecular formula is C13H18O5. The average molecular weight is 254 g/mol. The Kier molecular flexibility index (Phi) is 4.66. The maximum atomic E-state index is 5.61. The van der Waals surface area contributed by atoms with Gasteiger partial charge >= 0.3 is 0 Å². The summed E-state index contributed by atoms with van der Waals surface area (Å²) in [5.41, 5.74) is 0. The molecule has 5 heteroatoms. The fourth-order valence-corrected chi connectivity index (χ4v) is 1.65. The Morgan fingerprint density at radius 3 is 2.56 bits per heavy atom. The Balaban J connectivity index is 1.88. The summed E-state index contributed by atoms with van der Waals surface area (Å²) in [6.07, 6.45) is -0.342. The van der Waals surface area contributed by atoms with Gasteiger partial charge < -0.3 is 23.7 Å². The molecule has 1 aliphatic rings. The Bertz CT molecular complexity index is 374. The highest BCUT2D eigenvalue weighted by atomic mass is 16.7. The van der Waals surface area contributed by atoms with E-state index in [2.05, 4.69) is 0 Å². The molecule has 1 aliphatic heterocycles. The van der Waals surface area contributed by atoms with Crippen LogP contribution < -0.4 is 14.2 Å². The standard InChI is InChI=1S/C13H18O5/c1-3-14-13(15-4-2)8-16-10-5-6-11-12(7-10)18-9-17-11/h5-7,13H,3-4,8-9H2,1-2H3. The van der Waals surface area contributed by atoms with Crippen molar-refractivity contribution in [1.29, 1.82) is 0 Å². The maximum Gasteiger partial charge on any atom is 0.231 e. The Labute approximate surface area is 107 Å². The van der Waals surface area contributed by atoms with Gasteiger partial charge in [0.05, 0.1) is 0 Å². The van der Waals surface area contributed by atoms with E-state index >= 15 is 0 Å². The summed E-state index contributed by atoms with van der Waals surface area (Å²) in [5, 5.41) is 0. The lowest BCUT2D eigenvalue weighted by Gasteiger charge is -2.17. The molecule has 0 saturated carbocycles. The van der Waals surface area contributed by atoms with Gasteiger partial charge in [-0.15, -0.1) is 0 Å². The van der Waals surface area contributed by atoms with Gasteiger partial charge in [-0.25, -0.2) is 0 Å². The third kappa shape index (κ3) is 3.27. The first-order valence-corrected chi connectivity index (χ1v) is 6.09. The highest BCUT2D eigenvalue weighted by Gasteiger charge is 2.15. The van der Waals surface area contributed by atoms with Crippen LogP contribution in [0.5, 0.6) is 17.2 Å². The van der Waals surface area contributed by atoms with Crippen molar-refractivity contribution in [2.75, 3.05) is 26.6 Å². The SMILES string of the molecule is CCOC(COc1ccc2c(c1)OCO2)OCC. The average Bonchev–Trinajstić information content (AvgIpc) is 2.84. The zero-order valence-electron chi connectivity index (χ0n) is 10.7. The molecule has 0 bridgehead atoms. The van der Waals surface area contributed by atoms with Crippen LogP contribution in [0.15, 0.2) is 18.2 Å². The summed E-state index contributed by atoms with van der Waals surface area (Å²) >= 11 is 0. The summed E-state index contributed by atoms with van der Waals surface area (Å²) in [6.45, 7) is 5.64. The van der Waals surface area contributed by atoms with Crippen LogP contribution in [0.2, 0.25) is 0 Å². The van der Waals surface area contributed by atoms with Gasteiger partial charge in [-0.2, -0.15) is 0 Å². The second-order valence-corrected chi connectivity index (χ2v) is 3.67. The molecule has 0 aromatic heterocycles. The molecule has 0 radical (unpaired) electrons. The van der Waals surface area contributed by atoms with E-state index in [9.17, 15) is 0 Å². The summed E-state index contributed by atoms with van der Waals surface area (Å²) in [5.74, 6) is 2.16. The molecule has 1 aromatic rings. The molecule has 1 aromatic carbocycles. The van der Waals surface area contributed by atoms with E-state index in [1.54, 1.807) is 6.07 Å². The molecule has 0 N–H and O–H groups in total. The van der Waals surface area contributed by atoms with Gasteiger partial charge in [0, 0.05) is 19.3 Å². The summed E-state index contributed by atoms with van der Waals surface area (Å²) in [4.78, 5) is 0. The van der Waals surface area contributed by atoms with E-state index in [1.165, 1.54) is 0 Å². The summed E-state index contributed by atoms with van der Waals surface area (Å²) < 4.78 is 26.9. The van der Waals surface area contributed by atoms with E-state index in [0.717, 1.165) is 5.75 Å². The number of fused-ring (bicyclic) bond motifs is 1. The van der Waals surface area contributed by atoms with Gasteiger partial charge in [-0.1, -0.05) is 0 Å². The quantitative estimate of drug-likeness (QED) is 0.698. The largest absolute Gasteiger partial charge is 0.488 e. The first kappa shape index (κ1) is 13.0. The molecule has 1 heterocycles. The molecule has 0 atom stereocenters. The van der Waals surface area contributed by atoms with E-state index in [1.807, 2.05) is 26.0 Å². The van der Waals surface area contributed by atoms with Crippen molar-refractivity contribution in [3.63, 3.8) is 0 Å². The van der Waals surface area contributed by atoms with Gasteiger partial charge in [0.15, 0.2) is 17.8 Å². The molecule has 0 spiro atoms. The molecule has 2 rings (SSSR count). The topological polar surface area (TPSA) is 46.2 Å². The van der Waals surface area contributed by atoms with E-state index in [4.69, 9.17) is 23.7 Å². The van der Waals surface area contributed by atoms with Crippen molar-refractivity contribution < 1.29 is 23.7 Å². The normalized spacial score (nSPS) is 13.1. The molecule has 0 unspecified atom stereocenters. The number of benzene rings is 1. The molecule has 0 amide bonds. The van der Waals surface area contributed by atoms with Crippen LogP contribution in [-0.4, -0.2) is 32.9 Å². The Hall–Kier alpha value is -1.46. The summed E-state index contributed by atoms with van der Waals surface area (Å²) in [7, 11) is 0. The lowest BCUT2D eigenvalue weighted by atomic mass is 10.3. The van der Waals surface area contributed by atoms with Crippen LogP contribution in [0.4, 0.5) is 0 Å². The van der Waals surface area contributed by atoms with Gasteiger partial charge in [0.2, 0.25) is 6.79 Å². The molecule has 5 nitrogen and oxygen atoms in total. The third-order valence-electron chi connectivity index (χ3n) is 2.44. The van der Waals surface area contributed by atoms with Gasteiger partial charge in [0.25, 0.3) is 0 Å². The van der Waals surface area contributed by atoms with Crippen LogP contribution in [0.1, 0.15) is 13.8 Å². The van der Waals surface area contributed by atoms with E-state index in [0.29, 0.717) is 31.3 Å². The van der Waals surface area contributed by atoms with Crippen LogP contribution in [-0.2, 0) is 9.47 Å². The Morgan fingerprint density at radius 2 is 1.83 bits per heavy atom. The summed E-state index contributed by atoms with van der Waals surface area (Å²) in [6, 6.07) is 5.47. The van der Waals surface area contributed by atoms with Gasteiger partial charge in [-0.05, 0) is 26.0 Å². The van der Waals surface area contributed by atoms with Crippen molar-refractivity contribution in [3.05, 3.63) is 18.2 Å². The molecule has 0 saturated heterocycles. The van der Waals surface area contributed by atoms with Gasteiger partial charge in [0.1, 0.15) is 12.4 Å². The van der Waals surface area contributed by atoms with E-state index in [-0.39, 0.29) is 13.1 Å². The van der Waals surface area contributed by atoms with Gasteiger partial charge in [-0.3, -0.25) is 0 Å². The first-order chi connectivity index (χ1) is 8.83.